The maximum atomic E-state index is 13.3. The van der Waals surface area contributed by atoms with Gasteiger partial charge in [-0.15, -0.1) is 0 Å². The molecule has 38 heavy (non-hydrogen) atoms. The van der Waals surface area contributed by atoms with Gasteiger partial charge in [0, 0.05) is 23.1 Å². The number of carbonyl (C=O) groups is 2. The fourth-order valence-electron chi connectivity index (χ4n) is 4.77. The van der Waals surface area contributed by atoms with Crippen molar-refractivity contribution >= 4 is 33.4 Å². The molecule has 0 aromatic heterocycles. The van der Waals surface area contributed by atoms with Crippen LogP contribution in [0.3, 0.4) is 0 Å². The minimum Gasteiger partial charge on any atom is -0.507 e. The summed E-state index contributed by atoms with van der Waals surface area (Å²) in [6.45, 7) is 9.17. The summed E-state index contributed by atoms with van der Waals surface area (Å²) < 4.78 is 6.81. The third-order valence-corrected chi connectivity index (χ3v) is 7.43. The largest absolute Gasteiger partial charge is 0.507 e. The number of halogens is 1. The molecule has 1 aliphatic heterocycles. The maximum absolute atomic E-state index is 13.3. The first kappa shape index (κ1) is 27.6. The van der Waals surface area contributed by atoms with Gasteiger partial charge in [-0.1, -0.05) is 72.2 Å². The number of carbonyl (C=O) groups excluding carboxylic acids is 2. The number of aliphatic hydroxyl groups is 1. The molecular weight excluding hydrogens is 544 g/mol. The SMILES string of the molecule is CCN(CC)CCN1C(=O)C(=O)/C(=C(/O)c2ccc(OCc3ccccc3)c(C)c2)C1c1cccc(Br)c1. The Morgan fingerprint density at radius 1 is 1.00 bits per heavy atom. The van der Waals surface area contributed by atoms with Crippen molar-refractivity contribution < 1.29 is 19.4 Å². The van der Waals surface area contributed by atoms with E-state index >= 15 is 0 Å². The molecule has 1 aliphatic rings. The molecule has 6 nitrogen and oxygen atoms in total. The Bertz CT molecular complexity index is 1330. The third-order valence-electron chi connectivity index (χ3n) is 6.94. The molecule has 1 unspecified atom stereocenters. The van der Waals surface area contributed by atoms with Crippen LogP contribution in [-0.4, -0.2) is 52.8 Å². The van der Waals surface area contributed by atoms with E-state index < -0.39 is 17.7 Å². The molecule has 3 aromatic carbocycles. The Morgan fingerprint density at radius 3 is 2.39 bits per heavy atom. The van der Waals surface area contributed by atoms with E-state index in [-0.39, 0.29) is 11.3 Å². The zero-order valence-corrected chi connectivity index (χ0v) is 23.6. The second-order valence-electron chi connectivity index (χ2n) is 9.33. The Hall–Kier alpha value is -3.42. The number of rotatable bonds is 10. The summed E-state index contributed by atoms with van der Waals surface area (Å²) in [5.41, 5.74) is 3.21. The minimum atomic E-state index is -0.683. The van der Waals surface area contributed by atoms with Crippen molar-refractivity contribution in [3.8, 4) is 5.75 Å². The molecule has 4 rings (SSSR count). The second-order valence-corrected chi connectivity index (χ2v) is 10.2. The predicted molar refractivity (Wildman–Crippen MR) is 153 cm³/mol. The van der Waals surface area contributed by atoms with E-state index in [4.69, 9.17) is 4.74 Å². The topological polar surface area (TPSA) is 70.1 Å². The summed E-state index contributed by atoms with van der Waals surface area (Å²) >= 11 is 3.51. The van der Waals surface area contributed by atoms with Gasteiger partial charge in [-0.25, -0.2) is 0 Å². The number of hydrogen-bond acceptors (Lipinski definition) is 5. The number of aryl methyl sites for hydroxylation is 1. The molecule has 7 heteroatoms. The van der Waals surface area contributed by atoms with Gasteiger partial charge in [-0.2, -0.15) is 0 Å². The van der Waals surface area contributed by atoms with E-state index in [1.807, 2.05) is 61.5 Å². The lowest BCUT2D eigenvalue weighted by molar-refractivity contribution is -0.140. The zero-order valence-electron chi connectivity index (χ0n) is 22.0. The number of ketones is 1. The van der Waals surface area contributed by atoms with Crippen LogP contribution in [0.1, 0.15) is 42.1 Å². The molecule has 1 saturated heterocycles. The summed E-state index contributed by atoms with van der Waals surface area (Å²) in [5.74, 6) is -0.762. The van der Waals surface area contributed by atoms with Crippen LogP contribution in [0.5, 0.6) is 5.75 Å². The number of aliphatic hydroxyl groups excluding tert-OH is 1. The molecule has 1 N–H and O–H groups in total. The molecule has 198 valence electrons. The number of nitrogens with zero attached hydrogens (tertiary/aromatic N) is 2. The van der Waals surface area contributed by atoms with Crippen molar-refractivity contribution in [3.63, 3.8) is 0 Å². The number of likely N-dealkylation sites (N-methyl/N-ethyl adjacent to an activating group) is 1. The fraction of sp³-hybridized carbons (Fsp3) is 0.290. The molecule has 0 radical (unpaired) electrons. The molecule has 1 amide bonds. The Morgan fingerprint density at radius 2 is 1.74 bits per heavy atom. The van der Waals surface area contributed by atoms with Crippen LogP contribution in [0, 0.1) is 6.92 Å². The first-order valence-electron chi connectivity index (χ1n) is 12.9. The zero-order chi connectivity index (χ0) is 27.2. The van der Waals surface area contributed by atoms with Gasteiger partial charge in [0.2, 0.25) is 0 Å². The average molecular weight is 578 g/mol. The van der Waals surface area contributed by atoms with Gasteiger partial charge in [0.05, 0.1) is 11.6 Å². The molecule has 0 saturated carbocycles. The van der Waals surface area contributed by atoms with E-state index in [0.717, 1.165) is 34.3 Å². The van der Waals surface area contributed by atoms with Gasteiger partial charge in [0.1, 0.15) is 18.1 Å². The van der Waals surface area contributed by atoms with Crippen molar-refractivity contribution in [1.29, 1.82) is 0 Å². The van der Waals surface area contributed by atoms with Crippen LogP contribution in [0.25, 0.3) is 5.76 Å². The average Bonchev–Trinajstić information content (AvgIpc) is 3.18. The lowest BCUT2D eigenvalue weighted by Crippen LogP contribution is -2.38. The van der Waals surface area contributed by atoms with Crippen LogP contribution < -0.4 is 4.74 Å². The highest BCUT2D eigenvalue weighted by Crippen LogP contribution is 2.40. The smallest absolute Gasteiger partial charge is 0.295 e. The second kappa shape index (κ2) is 12.4. The van der Waals surface area contributed by atoms with Crippen LogP contribution in [0.2, 0.25) is 0 Å². The molecule has 0 aliphatic carbocycles. The molecule has 3 aromatic rings. The standard InChI is InChI=1S/C31H33BrN2O4/c1-4-33(5-2)16-17-34-28(23-12-9-13-25(32)19-23)27(30(36)31(34)37)29(35)24-14-15-26(21(3)18-24)38-20-22-10-7-6-8-11-22/h6-15,18-19,28,35H,4-5,16-17,20H2,1-3H3/b29-27+. The predicted octanol–water partition coefficient (Wildman–Crippen LogP) is 6.10. The van der Waals surface area contributed by atoms with Gasteiger partial charge in [-0.3, -0.25) is 9.59 Å². The highest BCUT2D eigenvalue weighted by atomic mass is 79.9. The number of ether oxygens (including phenoxy) is 1. The van der Waals surface area contributed by atoms with Gasteiger partial charge in [-0.05, 0) is 67.0 Å². The Kier molecular flexibility index (Phi) is 9.02. The number of benzene rings is 3. The van der Waals surface area contributed by atoms with E-state index in [1.54, 1.807) is 23.1 Å². The van der Waals surface area contributed by atoms with Crippen molar-refractivity contribution in [3.05, 3.63) is 105 Å². The quantitative estimate of drug-likeness (QED) is 0.179. The van der Waals surface area contributed by atoms with E-state index in [1.165, 1.54) is 0 Å². The summed E-state index contributed by atoms with van der Waals surface area (Å²) in [7, 11) is 0. The van der Waals surface area contributed by atoms with Gasteiger partial charge in [0.25, 0.3) is 11.7 Å². The van der Waals surface area contributed by atoms with Crippen LogP contribution >= 0.6 is 15.9 Å². The monoisotopic (exact) mass is 576 g/mol. The summed E-state index contributed by atoms with van der Waals surface area (Å²) in [6, 6.07) is 22.0. The summed E-state index contributed by atoms with van der Waals surface area (Å²) in [4.78, 5) is 30.4. The molecule has 1 heterocycles. The first-order valence-corrected chi connectivity index (χ1v) is 13.7. The fourth-order valence-corrected chi connectivity index (χ4v) is 5.19. The summed E-state index contributed by atoms with van der Waals surface area (Å²) in [6.07, 6.45) is 0. The molecule has 1 atom stereocenters. The molecule has 1 fully saturated rings. The van der Waals surface area contributed by atoms with Crippen molar-refractivity contribution in [2.75, 3.05) is 26.2 Å². The Labute approximate surface area is 232 Å². The highest BCUT2D eigenvalue weighted by molar-refractivity contribution is 9.10. The van der Waals surface area contributed by atoms with Crippen molar-refractivity contribution in [2.24, 2.45) is 0 Å². The maximum Gasteiger partial charge on any atom is 0.295 e. The van der Waals surface area contributed by atoms with Crippen LogP contribution in [0.15, 0.2) is 82.8 Å². The van der Waals surface area contributed by atoms with Gasteiger partial charge in [0.15, 0.2) is 0 Å². The lowest BCUT2D eigenvalue weighted by Gasteiger charge is -2.28. The first-order chi connectivity index (χ1) is 18.3. The molecule has 0 spiro atoms. The normalized spacial score (nSPS) is 16.9. The van der Waals surface area contributed by atoms with Crippen LogP contribution in [-0.2, 0) is 16.2 Å². The third kappa shape index (κ3) is 6.00. The van der Waals surface area contributed by atoms with Crippen molar-refractivity contribution in [2.45, 2.75) is 33.4 Å². The molecule has 0 bridgehead atoms. The van der Waals surface area contributed by atoms with Gasteiger partial charge < -0.3 is 19.6 Å². The van der Waals surface area contributed by atoms with Crippen LogP contribution in [0.4, 0.5) is 0 Å². The number of likely N-dealkylation sites (tertiary alicyclic amines) is 1. The van der Waals surface area contributed by atoms with E-state index in [2.05, 4.69) is 34.7 Å². The highest BCUT2D eigenvalue weighted by Gasteiger charge is 2.46. The number of Topliss-reactive ketones (excluding diaryl/α,β-unsaturated/α-hetero) is 1. The van der Waals surface area contributed by atoms with Gasteiger partial charge >= 0.3 is 0 Å². The summed E-state index contributed by atoms with van der Waals surface area (Å²) in [5, 5.41) is 11.4. The lowest BCUT2D eigenvalue weighted by atomic mass is 9.95. The molecular formula is C31H33BrN2O4. The number of amides is 1. The van der Waals surface area contributed by atoms with E-state index in [0.29, 0.717) is 31.0 Å². The van der Waals surface area contributed by atoms with E-state index in [9.17, 15) is 14.7 Å². The minimum absolute atomic E-state index is 0.102. The Balaban J connectivity index is 1.69. The van der Waals surface area contributed by atoms with Crippen molar-refractivity contribution in [1.82, 2.24) is 9.80 Å². The number of hydrogen-bond donors (Lipinski definition) is 1.